The summed E-state index contributed by atoms with van der Waals surface area (Å²) in [6.07, 6.45) is 9.19. The van der Waals surface area contributed by atoms with Gasteiger partial charge in [-0.05, 0) is 25.2 Å². The molecule has 0 aliphatic heterocycles. The molecule has 0 aromatic carbocycles. The first-order valence-electron chi connectivity index (χ1n) is 6.34. The molecule has 0 heterocycles. The van der Waals surface area contributed by atoms with E-state index in [0.717, 1.165) is 12.5 Å². The molecule has 15 heavy (non-hydrogen) atoms. The van der Waals surface area contributed by atoms with E-state index in [1.807, 2.05) is 0 Å². The summed E-state index contributed by atoms with van der Waals surface area (Å²) in [6.45, 7) is 1.38. The second-order valence-corrected chi connectivity index (χ2v) is 4.94. The van der Waals surface area contributed by atoms with Gasteiger partial charge in [0.1, 0.15) is 0 Å². The Labute approximate surface area is 92.0 Å². The fraction of sp³-hybridized carbons (Fsp3) is 0.917. The number of hydrogen-bond acceptors (Lipinski definition) is 2. The van der Waals surface area contributed by atoms with Crippen LogP contribution in [0.5, 0.6) is 0 Å². The Kier molecular flexibility index (Phi) is 4.01. The molecule has 2 fully saturated rings. The van der Waals surface area contributed by atoms with Crippen molar-refractivity contribution >= 4 is 5.91 Å². The van der Waals surface area contributed by atoms with E-state index in [0.29, 0.717) is 12.6 Å². The number of hydrogen-bond donors (Lipinski definition) is 2. The summed E-state index contributed by atoms with van der Waals surface area (Å²) in [6, 6.07) is 0.630. The third kappa shape index (κ3) is 4.20. The zero-order chi connectivity index (χ0) is 10.5. The van der Waals surface area contributed by atoms with Crippen molar-refractivity contribution in [1.82, 2.24) is 10.6 Å². The third-order valence-electron chi connectivity index (χ3n) is 3.48. The molecule has 3 heteroatoms. The molecule has 2 rings (SSSR count). The van der Waals surface area contributed by atoms with Crippen LogP contribution in [0.15, 0.2) is 0 Å². The van der Waals surface area contributed by atoms with Gasteiger partial charge < -0.3 is 10.6 Å². The molecule has 0 aromatic rings. The summed E-state index contributed by atoms with van der Waals surface area (Å²) >= 11 is 0. The Morgan fingerprint density at radius 1 is 1.13 bits per heavy atom. The van der Waals surface area contributed by atoms with E-state index in [2.05, 4.69) is 10.6 Å². The van der Waals surface area contributed by atoms with Crippen molar-refractivity contribution in [1.29, 1.82) is 0 Å². The van der Waals surface area contributed by atoms with E-state index in [9.17, 15) is 4.79 Å². The second kappa shape index (κ2) is 5.50. The zero-order valence-corrected chi connectivity index (χ0v) is 9.43. The summed E-state index contributed by atoms with van der Waals surface area (Å²) in [4.78, 5) is 11.4. The number of carbonyl (C=O) groups is 1. The zero-order valence-electron chi connectivity index (χ0n) is 9.43. The van der Waals surface area contributed by atoms with E-state index in [1.165, 1.54) is 44.9 Å². The lowest BCUT2D eigenvalue weighted by molar-refractivity contribution is -0.120. The van der Waals surface area contributed by atoms with Crippen molar-refractivity contribution in [3.63, 3.8) is 0 Å². The summed E-state index contributed by atoms with van der Waals surface area (Å²) in [5.74, 6) is 1.04. The first-order chi connectivity index (χ1) is 7.34. The van der Waals surface area contributed by atoms with Crippen molar-refractivity contribution in [2.24, 2.45) is 5.92 Å². The first kappa shape index (κ1) is 10.9. The van der Waals surface area contributed by atoms with Gasteiger partial charge in [0.25, 0.3) is 0 Å². The minimum absolute atomic E-state index is 0.167. The fourth-order valence-corrected chi connectivity index (χ4v) is 2.30. The Balaban J connectivity index is 1.46. The molecule has 1 amide bonds. The van der Waals surface area contributed by atoms with Gasteiger partial charge >= 0.3 is 0 Å². The molecule has 2 aliphatic rings. The van der Waals surface area contributed by atoms with Gasteiger partial charge in [-0.2, -0.15) is 0 Å². The van der Waals surface area contributed by atoms with Crippen molar-refractivity contribution in [2.75, 3.05) is 13.1 Å². The van der Waals surface area contributed by atoms with Gasteiger partial charge in [-0.15, -0.1) is 0 Å². The van der Waals surface area contributed by atoms with Crippen molar-refractivity contribution in [3.8, 4) is 0 Å². The van der Waals surface area contributed by atoms with E-state index < -0.39 is 0 Å². The summed E-state index contributed by atoms with van der Waals surface area (Å²) < 4.78 is 0. The van der Waals surface area contributed by atoms with Gasteiger partial charge in [-0.3, -0.25) is 4.79 Å². The maximum absolute atomic E-state index is 11.4. The number of rotatable bonds is 6. The van der Waals surface area contributed by atoms with Crippen LogP contribution in [0.2, 0.25) is 0 Å². The van der Waals surface area contributed by atoms with Crippen LogP contribution in [0, 0.1) is 5.92 Å². The summed E-state index contributed by atoms with van der Waals surface area (Å²) in [5, 5.41) is 6.21. The van der Waals surface area contributed by atoms with Gasteiger partial charge in [0.15, 0.2) is 0 Å². The molecule has 86 valence electrons. The van der Waals surface area contributed by atoms with Crippen LogP contribution in [0.1, 0.15) is 44.9 Å². The number of carbonyl (C=O) groups excluding carboxylic acids is 1. The number of amides is 1. The molecule has 0 saturated heterocycles. The lowest BCUT2D eigenvalue weighted by atomic mass is 10.0. The molecule has 0 bridgehead atoms. The minimum Gasteiger partial charge on any atom is -0.355 e. The lowest BCUT2D eigenvalue weighted by Gasteiger charge is -2.10. The Bertz CT molecular complexity index is 208. The van der Waals surface area contributed by atoms with Crippen LogP contribution in [0.25, 0.3) is 0 Å². The molecule has 0 atom stereocenters. The average molecular weight is 210 g/mol. The maximum Gasteiger partial charge on any atom is 0.233 e. The maximum atomic E-state index is 11.4. The molecule has 0 radical (unpaired) electrons. The fourth-order valence-electron chi connectivity index (χ4n) is 2.30. The highest BCUT2D eigenvalue weighted by atomic mass is 16.1. The molecular weight excluding hydrogens is 188 g/mol. The minimum atomic E-state index is 0.167. The molecule has 2 N–H and O–H groups in total. The Morgan fingerprint density at radius 2 is 1.87 bits per heavy atom. The van der Waals surface area contributed by atoms with Crippen molar-refractivity contribution in [3.05, 3.63) is 0 Å². The molecule has 2 saturated carbocycles. The molecule has 0 unspecified atom stereocenters. The van der Waals surface area contributed by atoms with Gasteiger partial charge in [0.05, 0.1) is 6.54 Å². The Hall–Kier alpha value is -0.570. The van der Waals surface area contributed by atoms with Crippen LogP contribution in [-0.4, -0.2) is 25.0 Å². The number of nitrogens with one attached hydrogen (secondary N) is 2. The second-order valence-electron chi connectivity index (χ2n) is 4.94. The average Bonchev–Trinajstić information content (AvgIpc) is 2.92. The van der Waals surface area contributed by atoms with Gasteiger partial charge in [0, 0.05) is 12.6 Å². The van der Waals surface area contributed by atoms with E-state index in [1.54, 1.807) is 0 Å². The molecule has 0 spiro atoms. The monoisotopic (exact) mass is 210 g/mol. The van der Waals surface area contributed by atoms with E-state index in [4.69, 9.17) is 0 Å². The normalized spacial score (nSPS) is 21.9. The van der Waals surface area contributed by atoms with Gasteiger partial charge in [-0.1, -0.05) is 25.7 Å². The summed E-state index contributed by atoms with van der Waals surface area (Å²) in [5.41, 5.74) is 0. The van der Waals surface area contributed by atoms with E-state index in [-0.39, 0.29) is 5.91 Å². The standard InChI is InChI=1S/C12H22N2O/c15-12(9-14-11-5-6-11)13-8-7-10-3-1-2-4-10/h10-11,14H,1-9H2,(H,13,15). The van der Waals surface area contributed by atoms with Crippen molar-refractivity contribution in [2.45, 2.75) is 51.0 Å². The predicted octanol–water partition coefficient (Wildman–Crippen LogP) is 1.43. The van der Waals surface area contributed by atoms with Crippen molar-refractivity contribution < 1.29 is 4.79 Å². The third-order valence-corrected chi connectivity index (χ3v) is 3.48. The molecule has 0 aromatic heterocycles. The Morgan fingerprint density at radius 3 is 2.53 bits per heavy atom. The first-order valence-corrected chi connectivity index (χ1v) is 6.34. The molecule has 3 nitrogen and oxygen atoms in total. The smallest absolute Gasteiger partial charge is 0.233 e. The van der Waals surface area contributed by atoms with E-state index >= 15 is 0 Å². The highest BCUT2D eigenvalue weighted by Gasteiger charge is 2.21. The van der Waals surface area contributed by atoms with Gasteiger partial charge in [-0.25, -0.2) is 0 Å². The van der Waals surface area contributed by atoms with Gasteiger partial charge in [0.2, 0.25) is 5.91 Å². The predicted molar refractivity (Wildman–Crippen MR) is 60.6 cm³/mol. The van der Waals surface area contributed by atoms with Crippen LogP contribution in [0.3, 0.4) is 0 Å². The molecule has 2 aliphatic carbocycles. The van der Waals surface area contributed by atoms with Crippen LogP contribution in [0.4, 0.5) is 0 Å². The van der Waals surface area contributed by atoms with Crippen LogP contribution in [-0.2, 0) is 4.79 Å². The highest BCUT2D eigenvalue weighted by Crippen LogP contribution is 2.26. The largest absolute Gasteiger partial charge is 0.355 e. The topological polar surface area (TPSA) is 41.1 Å². The van der Waals surface area contributed by atoms with Crippen LogP contribution < -0.4 is 10.6 Å². The summed E-state index contributed by atoms with van der Waals surface area (Å²) in [7, 11) is 0. The highest BCUT2D eigenvalue weighted by molar-refractivity contribution is 5.78. The van der Waals surface area contributed by atoms with Crippen LogP contribution >= 0.6 is 0 Å². The SMILES string of the molecule is O=C(CNC1CC1)NCCC1CCCC1. The lowest BCUT2D eigenvalue weighted by Crippen LogP contribution is -2.35. The quantitative estimate of drug-likeness (QED) is 0.696. The molecular formula is C12H22N2O.